The Morgan fingerprint density at radius 1 is 1.03 bits per heavy atom. The highest BCUT2D eigenvalue weighted by molar-refractivity contribution is 9.10. The van der Waals surface area contributed by atoms with Gasteiger partial charge in [-0.2, -0.15) is 0 Å². The average molecular weight is 536 g/mol. The number of anilines is 3. The van der Waals surface area contributed by atoms with Crippen LogP contribution >= 0.6 is 15.9 Å². The lowest BCUT2D eigenvalue weighted by Crippen LogP contribution is -2.55. The van der Waals surface area contributed by atoms with Crippen LogP contribution in [-0.4, -0.2) is 29.5 Å². The fourth-order valence-corrected chi connectivity index (χ4v) is 5.90. The number of nitrogens with one attached hydrogen (secondary N) is 2. The molecule has 182 valence electrons. The molecule has 0 saturated carbocycles. The van der Waals surface area contributed by atoms with Crippen molar-refractivity contribution < 1.29 is 14.7 Å². The highest BCUT2D eigenvalue weighted by Gasteiger charge is 2.47. The summed E-state index contributed by atoms with van der Waals surface area (Å²) in [6.45, 7) is 7.80. The Bertz CT molecular complexity index is 1290. The molecule has 3 aromatic rings. The zero-order valence-electron chi connectivity index (χ0n) is 20.5. The highest BCUT2D eigenvalue weighted by atomic mass is 79.9. The number of halogens is 1. The summed E-state index contributed by atoms with van der Waals surface area (Å²) in [5, 5.41) is 16.8. The first kappa shape index (κ1) is 24.8. The topological polar surface area (TPSA) is 81.7 Å². The van der Waals surface area contributed by atoms with Crippen LogP contribution in [-0.2, 0) is 4.79 Å². The SMILES string of the molecule is CNc1ccc(Br)cc1C(=O)Nc1cc2c(cc1O)N(C(C)=O)C(C)(C)C(c1ccccc1)C2C. The van der Waals surface area contributed by atoms with Gasteiger partial charge in [-0.3, -0.25) is 9.59 Å². The van der Waals surface area contributed by atoms with Crippen LogP contribution in [0.3, 0.4) is 0 Å². The van der Waals surface area contributed by atoms with E-state index in [9.17, 15) is 14.7 Å². The molecule has 0 spiro atoms. The number of phenolic OH excluding ortho intramolecular Hbond substituents is 1. The number of fused-ring (bicyclic) bond motifs is 1. The van der Waals surface area contributed by atoms with Gasteiger partial charge in [-0.15, -0.1) is 0 Å². The maximum Gasteiger partial charge on any atom is 0.257 e. The molecule has 6 nitrogen and oxygen atoms in total. The molecule has 1 aliphatic heterocycles. The summed E-state index contributed by atoms with van der Waals surface area (Å²) in [6.07, 6.45) is 0. The molecule has 4 rings (SSSR count). The molecule has 0 bridgehead atoms. The summed E-state index contributed by atoms with van der Waals surface area (Å²) in [5.41, 5.74) is 3.58. The summed E-state index contributed by atoms with van der Waals surface area (Å²) in [7, 11) is 1.75. The van der Waals surface area contributed by atoms with Crippen molar-refractivity contribution >= 4 is 44.8 Å². The first-order valence-corrected chi connectivity index (χ1v) is 12.4. The van der Waals surface area contributed by atoms with Crippen LogP contribution in [0.5, 0.6) is 5.75 Å². The summed E-state index contributed by atoms with van der Waals surface area (Å²) in [4.78, 5) is 27.8. The minimum atomic E-state index is -0.533. The number of rotatable bonds is 4. The molecule has 0 radical (unpaired) electrons. The molecule has 3 N–H and O–H groups in total. The van der Waals surface area contributed by atoms with Crippen LogP contribution in [0, 0.1) is 0 Å². The van der Waals surface area contributed by atoms with Crippen molar-refractivity contribution in [3.8, 4) is 5.75 Å². The Kier molecular flexibility index (Phi) is 6.64. The third-order valence-electron chi connectivity index (χ3n) is 6.93. The van der Waals surface area contributed by atoms with E-state index in [-0.39, 0.29) is 29.4 Å². The number of amides is 2. The van der Waals surface area contributed by atoms with Gasteiger partial charge >= 0.3 is 0 Å². The van der Waals surface area contributed by atoms with Gasteiger partial charge in [-0.25, -0.2) is 0 Å². The number of hydrogen-bond acceptors (Lipinski definition) is 4. The molecule has 3 aromatic carbocycles. The molecule has 2 unspecified atom stereocenters. The average Bonchev–Trinajstić information content (AvgIpc) is 2.80. The summed E-state index contributed by atoms with van der Waals surface area (Å²) in [5.74, 6) is -0.515. The van der Waals surface area contributed by atoms with Gasteiger partial charge in [-0.05, 0) is 55.2 Å². The van der Waals surface area contributed by atoms with Crippen molar-refractivity contribution in [3.05, 3.63) is 81.8 Å². The van der Waals surface area contributed by atoms with Crippen LogP contribution in [0.1, 0.15) is 61.0 Å². The zero-order chi connectivity index (χ0) is 25.5. The summed E-state index contributed by atoms with van der Waals surface area (Å²) in [6, 6.07) is 18.9. The second-order valence-electron chi connectivity index (χ2n) is 9.51. The predicted molar refractivity (Wildman–Crippen MR) is 145 cm³/mol. The molecule has 0 saturated heterocycles. The molecule has 2 amide bonds. The van der Waals surface area contributed by atoms with Crippen molar-refractivity contribution in [2.75, 3.05) is 22.6 Å². The van der Waals surface area contributed by atoms with Crippen molar-refractivity contribution in [2.45, 2.75) is 45.1 Å². The van der Waals surface area contributed by atoms with Gasteiger partial charge in [0.2, 0.25) is 5.91 Å². The smallest absolute Gasteiger partial charge is 0.257 e. The molecular formula is C28H30BrN3O3. The van der Waals surface area contributed by atoms with Crippen LogP contribution in [0.15, 0.2) is 65.1 Å². The van der Waals surface area contributed by atoms with E-state index >= 15 is 0 Å². The maximum absolute atomic E-state index is 13.2. The van der Waals surface area contributed by atoms with Crippen molar-refractivity contribution in [1.82, 2.24) is 0 Å². The van der Waals surface area contributed by atoms with E-state index < -0.39 is 5.54 Å². The van der Waals surface area contributed by atoms with E-state index in [1.165, 1.54) is 0 Å². The zero-order valence-corrected chi connectivity index (χ0v) is 22.1. The first-order chi connectivity index (χ1) is 16.6. The number of carbonyl (C=O) groups is 2. The van der Waals surface area contributed by atoms with Gasteiger partial charge in [0.05, 0.1) is 16.9 Å². The van der Waals surface area contributed by atoms with Crippen molar-refractivity contribution in [2.24, 2.45) is 0 Å². The van der Waals surface area contributed by atoms with Gasteiger partial charge in [0.25, 0.3) is 5.91 Å². The van der Waals surface area contributed by atoms with Gasteiger partial charge in [0.15, 0.2) is 0 Å². The lowest BCUT2D eigenvalue weighted by atomic mass is 9.67. The molecule has 0 aliphatic carbocycles. The molecule has 0 aromatic heterocycles. The first-order valence-electron chi connectivity index (χ1n) is 11.6. The van der Waals surface area contributed by atoms with E-state index in [0.29, 0.717) is 22.6 Å². The van der Waals surface area contributed by atoms with Crippen LogP contribution in [0.2, 0.25) is 0 Å². The summed E-state index contributed by atoms with van der Waals surface area (Å²) < 4.78 is 0.773. The van der Waals surface area contributed by atoms with Gasteiger partial charge in [0, 0.05) is 41.7 Å². The van der Waals surface area contributed by atoms with E-state index in [1.807, 2.05) is 30.3 Å². The normalized spacial score (nSPS) is 18.5. The third-order valence-corrected chi connectivity index (χ3v) is 7.42. The minimum absolute atomic E-state index is 0.00849. The quantitative estimate of drug-likeness (QED) is 0.334. The molecule has 2 atom stereocenters. The Morgan fingerprint density at radius 3 is 2.34 bits per heavy atom. The maximum atomic E-state index is 13.2. The predicted octanol–water partition coefficient (Wildman–Crippen LogP) is 6.48. The molecule has 35 heavy (non-hydrogen) atoms. The van der Waals surface area contributed by atoms with Crippen molar-refractivity contribution in [1.29, 1.82) is 0 Å². The third kappa shape index (κ3) is 4.41. The number of phenols is 1. The highest BCUT2D eigenvalue weighted by Crippen LogP contribution is 2.53. The number of benzene rings is 3. The standard InChI is InChI=1S/C28H30BrN3O3/c1-16-20-14-23(31-27(35)21-13-19(29)11-12-22(21)30-5)25(34)15-24(20)32(17(2)33)28(3,4)26(16)18-9-7-6-8-10-18/h6-16,26,30,34H,1-5H3,(H,31,35). The monoisotopic (exact) mass is 535 g/mol. The fourth-order valence-electron chi connectivity index (χ4n) is 5.54. The van der Waals surface area contributed by atoms with Crippen molar-refractivity contribution in [3.63, 3.8) is 0 Å². The van der Waals surface area contributed by atoms with E-state index in [0.717, 1.165) is 15.6 Å². The lowest BCUT2D eigenvalue weighted by Gasteiger charge is -2.51. The van der Waals surface area contributed by atoms with E-state index in [1.54, 1.807) is 37.1 Å². The number of aromatic hydroxyl groups is 1. The van der Waals surface area contributed by atoms with Crippen LogP contribution < -0.4 is 15.5 Å². The lowest BCUT2D eigenvalue weighted by molar-refractivity contribution is -0.118. The van der Waals surface area contributed by atoms with Crippen LogP contribution in [0.25, 0.3) is 0 Å². The second-order valence-corrected chi connectivity index (χ2v) is 10.4. The molecule has 7 heteroatoms. The number of nitrogens with zero attached hydrogens (tertiary/aromatic N) is 1. The van der Waals surface area contributed by atoms with E-state index in [4.69, 9.17) is 0 Å². The Labute approximate surface area is 214 Å². The number of carbonyl (C=O) groups excluding carboxylic acids is 2. The van der Waals surface area contributed by atoms with Crippen LogP contribution in [0.4, 0.5) is 17.1 Å². The summed E-state index contributed by atoms with van der Waals surface area (Å²) >= 11 is 3.42. The molecular weight excluding hydrogens is 506 g/mol. The Hall–Kier alpha value is -3.32. The van der Waals surface area contributed by atoms with E-state index in [2.05, 4.69) is 59.5 Å². The Morgan fingerprint density at radius 2 is 1.71 bits per heavy atom. The van der Waals surface area contributed by atoms with Gasteiger partial charge < -0.3 is 20.6 Å². The molecule has 1 heterocycles. The fraction of sp³-hybridized carbons (Fsp3) is 0.286. The van der Waals surface area contributed by atoms with Gasteiger partial charge in [0.1, 0.15) is 5.75 Å². The largest absolute Gasteiger partial charge is 0.506 e. The second kappa shape index (κ2) is 9.38. The number of hydrogen-bond donors (Lipinski definition) is 3. The minimum Gasteiger partial charge on any atom is -0.506 e. The molecule has 0 fully saturated rings. The van der Waals surface area contributed by atoms with Gasteiger partial charge in [-0.1, -0.05) is 53.2 Å². The molecule has 1 aliphatic rings. The Balaban J connectivity index is 1.81.